The summed E-state index contributed by atoms with van der Waals surface area (Å²) in [4.78, 5) is 106. The van der Waals surface area contributed by atoms with Gasteiger partial charge in [-0.2, -0.15) is 0 Å². The van der Waals surface area contributed by atoms with Gasteiger partial charge < -0.3 is 53.9 Å². The number of aliphatic carboxylic acids is 1. The molecule has 7 amide bonds. The van der Waals surface area contributed by atoms with Crippen LogP contribution in [0.1, 0.15) is 79.2 Å². The van der Waals surface area contributed by atoms with Crippen LogP contribution in [0.4, 0.5) is 0 Å². The third kappa shape index (κ3) is 14.3. The fourth-order valence-electron chi connectivity index (χ4n) is 5.72. The molecule has 0 unspecified atom stereocenters. The number of para-hydroxylation sites is 1. The van der Waals surface area contributed by atoms with E-state index in [0.29, 0.717) is 6.42 Å². The van der Waals surface area contributed by atoms with Crippen molar-refractivity contribution in [3.05, 3.63) is 36.0 Å². The van der Waals surface area contributed by atoms with Crippen LogP contribution in [0.2, 0.25) is 0 Å². The fraction of sp³-hybridized carbons (Fsp3) is 0.568. The van der Waals surface area contributed by atoms with Crippen LogP contribution < -0.4 is 43.8 Å². The van der Waals surface area contributed by atoms with E-state index in [9.17, 15) is 43.5 Å². The summed E-state index contributed by atoms with van der Waals surface area (Å²) >= 11 is 0. The van der Waals surface area contributed by atoms with Crippen molar-refractivity contribution in [1.29, 1.82) is 0 Å². The Morgan fingerprint density at radius 1 is 0.727 bits per heavy atom. The summed E-state index contributed by atoms with van der Waals surface area (Å²) in [7, 11) is 0. The van der Waals surface area contributed by atoms with Gasteiger partial charge >= 0.3 is 5.97 Å². The predicted octanol–water partition coefficient (Wildman–Crippen LogP) is -0.565. The van der Waals surface area contributed by atoms with Crippen molar-refractivity contribution in [3.63, 3.8) is 0 Å². The molecule has 304 valence electrons. The minimum absolute atomic E-state index is 0.0660. The number of carbonyl (C=O) groups is 8. The molecule has 2 aromatic rings. The van der Waals surface area contributed by atoms with E-state index in [2.05, 4.69) is 31.6 Å². The lowest BCUT2D eigenvalue weighted by Crippen LogP contribution is -2.61. The van der Waals surface area contributed by atoms with Crippen molar-refractivity contribution in [3.8, 4) is 0 Å². The standard InChI is InChI=1S/C37H57N9O9/c1-7-20(6)31(46-34(51)26(43-35(52)30(40)19(4)5)15-21-17-41-23-11-9-8-10-22(21)23)36(53)44-25(14-18(2)3)33(50)42-24(12-13-28(38)47)32(49)45-27(37(54)55)16-29(39)48/h8-11,17-20,24-27,30-31,41H,7,12-16,40H2,1-6H3,(H2,38,47)(H2,39,48)(H,42,50)(H,43,52)(H,44,53)(H,45,49)(H,46,51)(H,54,55)/t20-,24-,25-,26-,27-,30-,31-/m0/s1. The first-order valence-electron chi connectivity index (χ1n) is 18.4. The fourth-order valence-corrected chi connectivity index (χ4v) is 5.72. The highest BCUT2D eigenvalue weighted by Crippen LogP contribution is 2.20. The Labute approximate surface area is 320 Å². The van der Waals surface area contributed by atoms with E-state index in [-0.39, 0.29) is 37.5 Å². The molecule has 0 fully saturated rings. The number of aromatic nitrogens is 1. The van der Waals surface area contributed by atoms with Gasteiger partial charge in [-0.3, -0.25) is 33.6 Å². The van der Waals surface area contributed by atoms with Gasteiger partial charge in [0, 0.05) is 29.9 Å². The number of primary amides is 2. The lowest BCUT2D eigenvalue weighted by molar-refractivity contribution is -0.144. The van der Waals surface area contributed by atoms with Crippen LogP contribution in [0.3, 0.4) is 0 Å². The van der Waals surface area contributed by atoms with Crippen molar-refractivity contribution in [2.45, 2.75) is 116 Å². The lowest BCUT2D eigenvalue weighted by Gasteiger charge is -2.30. The second-order valence-electron chi connectivity index (χ2n) is 14.6. The first kappa shape index (κ1) is 45.6. The van der Waals surface area contributed by atoms with Crippen LogP contribution in [0, 0.1) is 17.8 Å². The van der Waals surface area contributed by atoms with Crippen LogP contribution >= 0.6 is 0 Å². The molecule has 0 aliphatic rings. The van der Waals surface area contributed by atoms with Gasteiger partial charge in [0.2, 0.25) is 41.4 Å². The Kier molecular flexibility index (Phi) is 17.7. The molecule has 0 saturated carbocycles. The summed E-state index contributed by atoms with van der Waals surface area (Å²) in [5.41, 5.74) is 18.1. The topological polar surface area (TPSA) is 311 Å². The summed E-state index contributed by atoms with van der Waals surface area (Å²) in [5, 5.41) is 23.1. The number of carboxylic acid groups (broad SMARTS) is 1. The average molecular weight is 772 g/mol. The van der Waals surface area contributed by atoms with Crippen molar-refractivity contribution in [2.75, 3.05) is 0 Å². The first-order valence-corrected chi connectivity index (χ1v) is 18.4. The minimum atomic E-state index is -1.71. The Bertz CT molecular complexity index is 1690. The molecule has 0 saturated heterocycles. The third-order valence-electron chi connectivity index (χ3n) is 9.22. The second kappa shape index (κ2) is 21.4. The quantitative estimate of drug-likeness (QED) is 0.0686. The van der Waals surface area contributed by atoms with E-state index < -0.39 is 95.9 Å². The zero-order chi connectivity index (χ0) is 41.6. The molecule has 1 aromatic carbocycles. The van der Waals surface area contributed by atoms with Crippen molar-refractivity contribution < 1.29 is 43.5 Å². The molecule has 18 nitrogen and oxygen atoms in total. The third-order valence-corrected chi connectivity index (χ3v) is 9.22. The van der Waals surface area contributed by atoms with E-state index in [1.807, 2.05) is 31.2 Å². The number of nitrogens with two attached hydrogens (primary N) is 3. The molecule has 0 aliphatic carbocycles. The number of nitrogens with one attached hydrogen (secondary N) is 6. The molecule has 1 aromatic heterocycles. The molecule has 13 N–H and O–H groups in total. The number of carboxylic acids is 1. The highest BCUT2D eigenvalue weighted by Gasteiger charge is 2.35. The van der Waals surface area contributed by atoms with Gasteiger partial charge in [0.1, 0.15) is 30.2 Å². The van der Waals surface area contributed by atoms with Gasteiger partial charge in [0.05, 0.1) is 12.5 Å². The van der Waals surface area contributed by atoms with Crippen molar-refractivity contribution in [1.82, 2.24) is 31.6 Å². The highest BCUT2D eigenvalue weighted by atomic mass is 16.4. The van der Waals surface area contributed by atoms with E-state index in [4.69, 9.17) is 17.2 Å². The van der Waals surface area contributed by atoms with Crippen LogP contribution in [0.25, 0.3) is 10.9 Å². The molecule has 0 bridgehead atoms. The second-order valence-corrected chi connectivity index (χ2v) is 14.6. The van der Waals surface area contributed by atoms with Gasteiger partial charge in [0.25, 0.3) is 0 Å². The molecule has 1 heterocycles. The van der Waals surface area contributed by atoms with Crippen LogP contribution in [-0.4, -0.2) is 93.7 Å². The van der Waals surface area contributed by atoms with Gasteiger partial charge in [-0.05, 0) is 42.2 Å². The molecular formula is C37H57N9O9. The molecule has 2 rings (SSSR count). The number of amides is 7. The highest BCUT2D eigenvalue weighted by molar-refractivity contribution is 5.97. The Hall–Kier alpha value is -5.52. The van der Waals surface area contributed by atoms with E-state index >= 15 is 0 Å². The maximum atomic E-state index is 14.0. The van der Waals surface area contributed by atoms with Crippen LogP contribution in [0.15, 0.2) is 30.5 Å². The van der Waals surface area contributed by atoms with E-state index in [1.54, 1.807) is 40.8 Å². The largest absolute Gasteiger partial charge is 0.480 e. The monoisotopic (exact) mass is 771 g/mol. The number of hydrogen-bond donors (Lipinski definition) is 10. The zero-order valence-electron chi connectivity index (χ0n) is 32.3. The molecule has 0 aliphatic heterocycles. The Morgan fingerprint density at radius 3 is 1.85 bits per heavy atom. The normalized spacial score (nSPS) is 15.1. The minimum Gasteiger partial charge on any atom is -0.480 e. The summed E-state index contributed by atoms with van der Waals surface area (Å²) < 4.78 is 0. The zero-order valence-corrected chi connectivity index (χ0v) is 32.3. The first-order chi connectivity index (χ1) is 25.7. The van der Waals surface area contributed by atoms with Crippen LogP contribution in [-0.2, 0) is 44.8 Å². The molecule has 0 spiro atoms. The number of rotatable bonds is 23. The van der Waals surface area contributed by atoms with E-state index in [1.165, 1.54) is 0 Å². The number of H-pyrrole nitrogens is 1. The van der Waals surface area contributed by atoms with E-state index in [0.717, 1.165) is 16.5 Å². The maximum absolute atomic E-state index is 14.0. The molecule has 7 atom stereocenters. The number of benzene rings is 1. The summed E-state index contributed by atoms with van der Waals surface area (Å²) in [6.07, 6.45) is 0.891. The number of fused-ring (bicyclic) bond motifs is 1. The summed E-state index contributed by atoms with van der Waals surface area (Å²) in [6, 6.07) is -0.237. The molecule has 18 heteroatoms. The summed E-state index contributed by atoms with van der Waals surface area (Å²) in [5.74, 6) is -8.00. The molecule has 55 heavy (non-hydrogen) atoms. The Balaban J connectivity index is 2.39. The van der Waals surface area contributed by atoms with Gasteiger partial charge in [-0.1, -0.05) is 66.2 Å². The smallest absolute Gasteiger partial charge is 0.326 e. The van der Waals surface area contributed by atoms with Gasteiger partial charge in [0.15, 0.2) is 0 Å². The number of carbonyl (C=O) groups excluding carboxylic acids is 7. The lowest BCUT2D eigenvalue weighted by atomic mass is 9.95. The average Bonchev–Trinajstić information content (AvgIpc) is 3.52. The maximum Gasteiger partial charge on any atom is 0.326 e. The molecule has 0 radical (unpaired) electrons. The predicted molar refractivity (Wildman–Crippen MR) is 203 cm³/mol. The van der Waals surface area contributed by atoms with Crippen molar-refractivity contribution >= 4 is 58.2 Å². The van der Waals surface area contributed by atoms with Gasteiger partial charge in [-0.15, -0.1) is 0 Å². The SMILES string of the molecule is CC[C@H](C)[C@H](NC(=O)[C@H](Cc1c[nH]c2ccccc12)NC(=O)[C@@H](N)C(C)C)C(=O)N[C@@H](CC(C)C)C(=O)N[C@@H](CCC(N)=O)C(=O)N[C@@H](CC(N)=O)C(=O)O. The van der Waals surface area contributed by atoms with Crippen LogP contribution in [0.5, 0.6) is 0 Å². The van der Waals surface area contributed by atoms with Crippen molar-refractivity contribution in [2.24, 2.45) is 35.0 Å². The molecular weight excluding hydrogens is 714 g/mol. The van der Waals surface area contributed by atoms with Gasteiger partial charge in [-0.25, -0.2) is 4.79 Å². The number of aromatic amines is 1. The summed E-state index contributed by atoms with van der Waals surface area (Å²) in [6.45, 7) is 10.7. The number of hydrogen-bond acceptors (Lipinski definition) is 9. The Morgan fingerprint density at radius 2 is 1.29 bits per heavy atom.